The quantitative estimate of drug-likeness (QED) is 0.839. The Kier molecular flexibility index (Phi) is 6.01. The molecule has 1 N–H and O–H groups in total. The number of nitrogens with one attached hydrogen (secondary N) is 1. The van der Waals surface area contributed by atoms with Crippen molar-refractivity contribution in [2.24, 2.45) is 11.8 Å². The topological polar surface area (TPSA) is 58.2 Å². The lowest BCUT2D eigenvalue weighted by atomic mass is 10.1. The Morgan fingerprint density at radius 2 is 1.71 bits per heavy atom. The summed E-state index contributed by atoms with van der Waals surface area (Å²) in [5, 5.41) is 7.18. The number of nitrogens with zero attached hydrogens (tertiary/aromatic N) is 2. The van der Waals surface area contributed by atoms with Gasteiger partial charge in [-0.15, -0.1) is 0 Å². The van der Waals surface area contributed by atoms with Gasteiger partial charge >= 0.3 is 0 Å². The normalized spacial score (nSPS) is 11.1. The maximum atomic E-state index is 12.8. The SMILES string of the molecule is COc1ccc(-c2cc(C(=O)N(CC(C)C)CC(C)C)[nH]n2)cc1. The highest BCUT2D eigenvalue weighted by molar-refractivity contribution is 5.93. The van der Waals surface area contributed by atoms with Crippen LogP contribution in [0, 0.1) is 11.8 Å². The maximum absolute atomic E-state index is 12.8. The van der Waals surface area contributed by atoms with Crippen molar-refractivity contribution in [3.8, 4) is 17.0 Å². The van der Waals surface area contributed by atoms with Crippen LogP contribution in [0.1, 0.15) is 38.2 Å². The fraction of sp³-hybridized carbons (Fsp3) is 0.474. The lowest BCUT2D eigenvalue weighted by molar-refractivity contribution is 0.0709. The summed E-state index contributed by atoms with van der Waals surface area (Å²) >= 11 is 0. The molecule has 0 atom stereocenters. The summed E-state index contributed by atoms with van der Waals surface area (Å²) in [6.07, 6.45) is 0. The van der Waals surface area contributed by atoms with Crippen LogP contribution < -0.4 is 4.74 Å². The molecule has 0 aliphatic rings. The number of aromatic nitrogens is 2. The van der Waals surface area contributed by atoms with Crippen LogP contribution in [0.4, 0.5) is 0 Å². The highest BCUT2D eigenvalue weighted by atomic mass is 16.5. The molecule has 1 aromatic heterocycles. The molecule has 0 bridgehead atoms. The van der Waals surface area contributed by atoms with Gasteiger partial charge in [0.1, 0.15) is 11.4 Å². The van der Waals surface area contributed by atoms with Gasteiger partial charge in [-0.2, -0.15) is 5.10 Å². The lowest BCUT2D eigenvalue weighted by Gasteiger charge is -2.25. The van der Waals surface area contributed by atoms with Crippen LogP contribution in [-0.2, 0) is 0 Å². The zero-order chi connectivity index (χ0) is 17.7. The highest BCUT2D eigenvalue weighted by Crippen LogP contribution is 2.21. The van der Waals surface area contributed by atoms with Gasteiger partial charge in [0.05, 0.1) is 12.8 Å². The van der Waals surface area contributed by atoms with Gasteiger partial charge in [0, 0.05) is 18.7 Å². The fourth-order valence-corrected chi connectivity index (χ4v) is 2.63. The van der Waals surface area contributed by atoms with Gasteiger partial charge in [-0.05, 0) is 42.2 Å². The standard InChI is InChI=1S/C19H27N3O2/c1-13(2)11-22(12-14(3)4)19(23)18-10-17(20-21-18)15-6-8-16(24-5)9-7-15/h6-10,13-14H,11-12H2,1-5H3,(H,20,21). The Labute approximate surface area is 144 Å². The molecular weight excluding hydrogens is 302 g/mol. The van der Waals surface area contributed by atoms with Crippen molar-refractivity contribution in [2.75, 3.05) is 20.2 Å². The molecule has 0 aliphatic heterocycles. The van der Waals surface area contributed by atoms with E-state index in [1.54, 1.807) is 7.11 Å². The third kappa shape index (κ3) is 4.60. The number of methoxy groups -OCH3 is 1. The summed E-state index contributed by atoms with van der Waals surface area (Å²) < 4.78 is 5.16. The molecule has 2 aromatic rings. The number of H-pyrrole nitrogens is 1. The first-order valence-electron chi connectivity index (χ1n) is 8.39. The number of hydrogen-bond donors (Lipinski definition) is 1. The van der Waals surface area contributed by atoms with E-state index in [1.807, 2.05) is 35.2 Å². The van der Waals surface area contributed by atoms with Crippen LogP contribution in [0.15, 0.2) is 30.3 Å². The second-order valence-electron chi connectivity index (χ2n) is 6.89. The van der Waals surface area contributed by atoms with Crippen molar-refractivity contribution in [2.45, 2.75) is 27.7 Å². The van der Waals surface area contributed by atoms with E-state index in [4.69, 9.17) is 4.74 Å². The molecule has 0 fully saturated rings. The molecule has 0 saturated carbocycles. The van der Waals surface area contributed by atoms with Crippen molar-refractivity contribution in [1.29, 1.82) is 0 Å². The van der Waals surface area contributed by atoms with Gasteiger partial charge in [0.25, 0.3) is 5.91 Å². The lowest BCUT2D eigenvalue weighted by Crippen LogP contribution is -2.37. The third-order valence-corrected chi connectivity index (χ3v) is 3.65. The number of carbonyl (C=O) groups excluding carboxylic acids is 1. The number of carbonyl (C=O) groups is 1. The van der Waals surface area contributed by atoms with Crippen LogP contribution in [0.5, 0.6) is 5.75 Å². The van der Waals surface area contributed by atoms with E-state index in [0.29, 0.717) is 17.5 Å². The molecule has 0 unspecified atom stereocenters. The van der Waals surface area contributed by atoms with E-state index < -0.39 is 0 Å². The Hall–Kier alpha value is -2.30. The van der Waals surface area contributed by atoms with Crippen molar-refractivity contribution >= 4 is 5.91 Å². The zero-order valence-corrected chi connectivity index (χ0v) is 15.2. The molecule has 1 aromatic carbocycles. The van der Waals surface area contributed by atoms with Crippen LogP contribution in [-0.4, -0.2) is 41.2 Å². The second-order valence-corrected chi connectivity index (χ2v) is 6.89. The van der Waals surface area contributed by atoms with E-state index in [0.717, 1.165) is 30.1 Å². The van der Waals surface area contributed by atoms with Crippen LogP contribution in [0.3, 0.4) is 0 Å². The van der Waals surface area contributed by atoms with E-state index in [-0.39, 0.29) is 5.91 Å². The molecule has 0 aliphatic carbocycles. The van der Waals surface area contributed by atoms with Crippen molar-refractivity contribution in [1.82, 2.24) is 15.1 Å². The fourth-order valence-electron chi connectivity index (χ4n) is 2.63. The number of hydrogen-bond acceptors (Lipinski definition) is 3. The highest BCUT2D eigenvalue weighted by Gasteiger charge is 2.20. The first-order chi connectivity index (χ1) is 11.4. The van der Waals surface area contributed by atoms with E-state index >= 15 is 0 Å². The van der Waals surface area contributed by atoms with Gasteiger partial charge < -0.3 is 9.64 Å². The predicted molar refractivity (Wildman–Crippen MR) is 96.2 cm³/mol. The van der Waals surface area contributed by atoms with Crippen molar-refractivity contribution < 1.29 is 9.53 Å². The number of amides is 1. The average Bonchev–Trinajstić information content (AvgIpc) is 3.02. The molecule has 130 valence electrons. The Bertz CT molecular complexity index is 650. The molecule has 1 amide bonds. The Morgan fingerprint density at radius 1 is 1.12 bits per heavy atom. The first kappa shape index (κ1) is 18.0. The molecule has 1 heterocycles. The number of aromatic amines is 1. The maximum Gasteiger partial charge on any atom is 0.271 e. The first-order valence-corrected chi connectivity index (χ1v) is 8.39. The molecule has 24 heavy (non-hydrogen) atoms. The minimum atomic E-state index is 0.00432. The van der Waals surface area contributed by atoms with E-state index in [9.17, 15) is 4.79 Å². The zero-order valence-electron chi connectivity index (χ0n) is 15.2. The molecule has 0 radical (unpaired) electrons. The smallest absolute Gasteiger partial charge is 0.271 e. The summed E-state index contributed by atoms with van der Waals surface area (Å²) in [7, 11) is 1.64. The second kappa shape index (κ2) is 7.99. The van der Waals surface area contributed by atoms with Gasteiger partial charge in [0.2, 0.25) is 0 Å². The minimum Gasteiger partial charge on any atom is -0.497 e. The molecule has 5 nitrogen and oxygen atoms in total. The predicted octanol–water partition coefficient (Wildman–Crippen LogP) is 3.84. The third-order valence-electron chi connectivity index (χ3n) is 3.65. The average molecular weight is 329 g/mol. The van der Waals surface area contributed by atoms with Gasteiger partial charge in [0.15, 0.2) is 0 Å². The summed E-state index contributed by atoms with van der Waals surface area (Å²) in [4.78, 5) is 14.7. The Balaban J connectivity index is 2.18. The van der Waals surface area contributed by atoms with Gasteiger partial charge in [-0.25, -0.2) is 0 Å². The number of benzene rings is 1. The van der Waals surface area contributed by atoms with Crippen molar-refractivity contribution in [3.05, 3.63) is 36.0 Å². The summed E-state index contributed by atoms with van der Waals surface area (Å²) in [5.74, 6) is 1.66. The summed E-state index contributed by atoms with van der Waals surface area (Å²) in [6.45, 7) is 9.97. The van der Waals surface area contributed by atoms with Crippen LogP contribution in [0.25, 0.3) is 11.3 Å². The van der Waals surface area contributed by atoms with Crippen LogP contribution >= 0.6 is 0 Å². The Morgan fingerprint density at radius 3 is 2.21 bits per heavy atom. The van der Waals surface area contributed by atoms with Crippen LogP contribution in [0.2, 0.25) is 0 Å². The monoisotopic (exact) mass is 329 g/mol. The largest absolute Gasteiger partial charge is 0.497 e. The molecular formula is C19H27N3O2. The summed E-state index contributed by atoms with van der Waals surface area (Å²) in [5.41, 5.74) is 2.24. The van der Waals surface area contributed by atoms with Gasteiger partial charge in [-0.3, -0.25) is 9.89 Å². The summed E-state index contributed by atoms with van der Waals surface area (Å²) in [6, 6.07) is 9.45. The van der Waals surface area contributed by atoms with Gasteiger partial charge in [-0.1, -0.05) is 27.7 Å². The molecule has 5 heteroatoms. The van der Waals surface area contributed by atoms with E-state index in [2.05, 4.69) is 37.9 Å². The molecule has 2 rings (SSSR count). The molecule has 0 spiro atoms. The number of ether oxygens (including phenoxy) is 1. The van der Waals surface area contributed by atoms with Crippen molar-refractivity contribution in [3.63, 3.8) is 0 Å². The minimum absolute atomic E-state index is 0.00432. The van der Waals surface area contributed by atoms with E-state index in [1.165, 1.54) is 0 Å². The molecule has 0 saturated heterocycles. The number of rotatable bonds is 7.